The van der Waals surface area contributed by atoms with Gasteiger partial charge in [-0.1, -0.05) is 32.1 Å². The SMILES string of the molecule is CC(C)(C)c1nsc(Sc2nnc(NCC3CCCO3)s2)n1. The molecule has 1 atom stereocenters. The van der Waals surface area contributed by atoms with Crippen LogP contribution in [0.2, 0.25) is 0 Å². The van der Waals surface area contributed by atoms with Gasteiger partial charge in [0.1, 0.15) is 5.82 Å². The number of rotatable bonds is 5. The summed E-state index contributed by atoms with van der Waals surface area (Å²) in [5.74, 6) is 0.876. The minimum atomic E-state index is -0.0234. The molecule has 120 valence electrons. The molecule has 6 nitrogen and oxygen atoms in total. The molecule has 0 saturated carbocycles. The first-order valence-corrected chi connectivity index (χ1v) is 9.62. The van der Waals surface area contributed by atoms with Gasteiger partial charge in [-0.3, -0.25) is 0 Å². The molecule has 0 aliphatic carbocycles. The van der Waals surface area contributed by atoms with Crippen molar-refractivity contribution in [1.82, 2.24) is 19.6 Å². The lowest BCUT2D eigenvalue weighted by atomic mass is 9.96. The van der Waals surface area contributed by atoms with E-state index in [4.69, 9.17) is 4.74 Å². The molecular formula is C13H19N5OS3. The average Bonchev–Trinajstić information content (AvgIpc) is 3.17. The summed E-state index contributed by atoms with van der Waals surface area (Å²) in [6, 6.07) is 0. The number of hydrogen-bond acceptors (Lipinski definition) is 9. The molecular weight excluding hydrogens is 338 g/mol. The molecule has 2 aromatic rings. The van der Waals surface area contributed by atoms with E-state index in [1.807, 2.05) is 0 Å². The van der Waals surface area contributed by atoms with Crippen LogP contribution in [0.15, 0.2) is 8.68 Å². The Balaban J connectivity index is 1.55. The Labute approximate surface area is 142 Å². The van der Waals surface area contributed by atoms with Crippen molar-refractivity contribution in [3.63, 3.8) is 0 Å². The largest absolute Gasteiger partial charge is 0.376 e. The van der Waals surface area contributed by atoms with E-state index in [-0.39, 0.29) is 5.41 Å². The highest BCUT2D eigenvalue weighted by molar-refractivity contribution is 8.02. The zero-order chi connectivity index (χ0) is 15.6. The van der Waals surface area contributed by atoms with Gasteiger partial charge in [0.15, 0.2) is 8.68 Å². The highest BCUT2D eigenvalue weighted by Gasteiger charge is 2.21. The van der Waals surface area contributed by atoms with Crippen molar-refractivity contribution >= 4 is 39.8 Å². The predicted molar refractivity (Wildman–Crippen MR) is 90.1 cm³/mol. The normalized spacial score (nSPS) is 18.8. The number of anilines is 1. The molecule has 3 heterocycles. The fraction of sp³-hybridized carbons (Fsp3) is 0.692. The maximum atomic E-state index is 5.58. The van der Waals surface area contributed by atoms with Gasteiger partial charge in [-0.2, -0.15) is 4.37 Å². The van der Waals surface area contributed by atoms with Gasteiger partial charge in [0, 0.05) is 18.6 Å². The summed E-state index contributed by atoms with van der Waals surface area (Å²) in [4.78, 5) is 4.56. The standard InChI is InChI=1S/C13H19N5OS3/c1-13(2,3)9-15-11(22-18-9)21-12-17-16-10(20-12)14-7-8-5-4-6-19-8/h8H,4-7H2,1-3H3,(H,14,16). The maximum Gasteiger partial charge on any atom is 0.206 e. The van der Waals surface area contributed by atoms with E-state index in [9.17, 15) is 0 Å². The lowest BCUT2D eigenvalue weighted by molar-refractivity contribution is 0.120. The van der Waals surface area contributed by atoms with Crippen LogP contribution in [0.5, 0.6) is 0 Å². The molecule has 1 aliphatic rings. The first-order valence-electron chi connectivity index (χ1n) is 7.22. The lowest BCUT2D eigenvalue weighted by Crippen LogP contribution is -2.18. The minimum Gasteiger partial charge on any atom is -0.376 e. The quantitative estimate of drug-likeness (QED) is 0.879. The maximum absolute atomic E-state index is 5.58. The third kappa shape index (κ3) is 4.15. The average molecular weight is 358 g/mol. The van der Waals surface area contributed by atoms with Crippen molar-refractivity contribution in [1.29, 1.82) is 0 Å². The molecule has 0 spiro atoms. The Morgan fingerprint density at radius 2 is 2.18 bits per heavy atom. The first-order chi connectivity index (χ1) is 10.5. The Morgan fingerprint density at radius 3 is 2.86 bits per heavy atom. The number of hydrogen-bond donors (Lipinski definition) is 1. The fourth-order valence-corrected chi connectivity index (χ4v) is 4.71. The van der Waals surface area contributed by atoms with Gasteiger partial charge in [0.05, 0.1) is 6.10 Å². The Morgan fingerprint density at radius 1 is 1.32 bits per heavy atom. The van der Waals surface area contributed by atoms with E-state index >= 15 is 0 Å². The van der Waals surface area contributed by atoms with E-state index in [0.29, 0.717) is 6.10 Å². The van der Waals surface area contributed by atoms with E-state index in [0.717, 1.165) is 45.6 Å². The molecule has 3 rings (SSSR count). The molecule has 0 bridgehead atoms. The predicted octanol–water partition coefficient (Wildman–Crippen LogP) is 3.43. The second-order valence-electron chi connectivity index (χ2n) is 6.13. The third-order valence-corrected chi connectivity index (χ3v) is 5.85. The molecule has 0 radical (unpaired) electrons. The summed E-state index contributed by atoms with van der Waals surface area (Å²) in [6.45, 7) is 8.01. The summed E-state index contributed by atoms with van der Waals surface area (Å²) < 4.78 is 11.8. The van der Waals surface area contributed by atoms with Gasteiger partial charge in [0.2, 0.25) is 5.13 Å². The van der Waals surface area contributed by atoms with Gasteiger partial charge < -0.3 is 10.1 Å². The lowest BCUT2D eigenvalue weighted by Gasteiger charge is -2.11. The Bertz CT molecular complexity index is 615. The highest BCUT2D eigenvalue weighted by atomic mass is 32.2. The van der Waals surface area contributed by atoms with Crippen LogP contribution in [0.4, 0.5) is 5.13 Å². The Hall–Kier alpha value is -0.770. The van der Waals surface area contributed by atoms with E-state index in [2.05, 4.69) is 45.6 Å². The summed E-state index contributed by atoms with van der Waals surface area (Å²) in [5.41, 5.74) is -0.0234. The molecule has 1 saturated heterocycles. The second-order valence-corrected chi connectivity index (χ2v) is 9.35. The minimum absolute atomic E-state index is 0.0234. The van der Waals surface area contributed by atoms with Gasteiger partial charge in [-0.25, -0.2) is 4.98 Å². The van der Waals surface area contributed by atoms with Crippen molar-refractivity contribution in [2.75, 3.05) is 18.5 Å². The number of ether oxygens (including phenoxy) is 1. The molecule has 1 unspecified atom stereocenters. The Kier molecular flexibility index (Phi) is 4.96. The summed E-state index contributed by atoms with van der Waals surface area (Å²) in [7, 11) is 0. The van der Waals surface area contributed by atoms with Gasteiger partial charge >= 0.3 is 0 Å². The zero-order valence-electron chi connectivity index (χ0n) is 12.8. The molecule has 1 N–H and O–H groups in total. The van der Waals surface area contributed by atoms with Crippen LogP contribution in [-0.4, -0.2) is 38.8 Å². The van der Waals surface area contributed by atoms with Crippen LogP contribution in [0.1, 0.15) is 39.4 Å². The van der Waals surface area contributed by atoms with Crippen LogP contribution in [0, 0.1) is 0 Å². The fourth-order valence-electron chi connectivity index (χ4n) is 1.96. The topological polar surface area (TPSA) is 72.8 Å². The highest BCUT2D eigenvalue weighted by Crippen LogP contribution is 2.34. The molecule has 2 aromatic heterocycles. The van der Waals surface area contributed by atoms with Crippen LogP contribution in [0.25, 0.3) is 0 Å². The first kappa shape index (κ1) is 16.1. The molecule has 1 fully saturated rings. The molecule has 9 heteroatoms. The third-order valence-electron chi connectivity index (χ3n) is 3.16. The van der Waals surface area contributed by atoms with Gasteiger partial charge in [0.25, 0.3) is 0 Å². The van der Waals surface area contributed by atoms with Crippen LogP contribution >= 0.6 is 34.6 Å². The van der Waals surface area contributed by atoms with E-state index in [1.165, 1.54) is 23.3 Å². The van der Waals surface area contributed by atoms with Crippen LogP contribution in [0.3, 0.4) is 0 Å². The number of aromatic nitrogens is 4. The van der Waals surface area contributed by atoms with Crippen molar-refractivity contribution < 1.29 is 4.74 Å². The molecule has 1 aliphatic heterocycles. The van der Waals surface area contributed by atoms with Crippen LogP contribution < -0.4 is 5.32 Å². The van der Waals surface area contributed by atoms with Crippen molar-refractivity contribution in [3.8, 4) is 0 Å². The van der Waals surface area contributed by atoms with E-state index in [1.54, 1.807) is 11.3 Å². The second kappa shape index (κ2) is 6.77. The van der Waals surface area contributed by atoms with Gasteiger partial charge in [-0.15, -0.1) is 10.2 Å². The summed E-state index contributed by atoms with van der Waals surface area (Å²) in [5, 5.41) is 12.5. The molecule has 0 aromatic carbocycles. The van der Waals surface area contributed by atoms with Gasteiger partial charge in [-0.05, 0) is 36.1 Å². The molecule has 22 heavy (non-hydrogen) atoms. The van der Waals surface area contributed by atoms with Crippen LogP contribution in [-0.2, 0) is 10.2 Å². The zero-order valence-corrected chi connectivity index (χ0v) is 15.3. The van der Waals surface area contributed by atoms with Crippen molar-refractivity contribution in [3.05, 3.63) is 5.82 Å². The number of nitrogens with one attached hydrogen (secondary N) is 1. The van der Waals surface area contributed by atoms with Crippen molar-refractivity contribution in [2.24, 2.45) is 0 Å². The monoisotopic (exact) mass is 357 g/mol. The smallest absolute Gasteiger partial charge is 0.206 e. The van der Waals surface area contributed by atoms with E-state index < -0.39 is 0 Å². The summed E-state index contributed by atoms with van der Waals surface area (Å²) >= 11 is 4.48. The summed E-state index contributed by atoms with van der Waals surface area (Å²) in [6.07, 6.45) is 2.57. The van der Waals surface area contributed by atoms with Crippen molar-refractivity contribution in [2.45, 2.75) is 53.8 Å². The molecule has 0 amide bonds. The number of nitrogens with zero attached hydrogens (tertiary/aromatic N) is 4.